The molecule has 1 saturated carbocycles. The fourth-order valence-corrected chi connectivity index (χ4v) is 3.66. The Morgan fingerprint density at radius 3 is 2.75 bits per heavy atom. The van der Waals surface area contributed by atoms with Crippen LogP contribution in [0.4, 0.5) is 17.5 Å². The van der Waals surface area contributed by atoms with Gasteiger partial charge in [-0.15, -0.1) is 0 Å². The number of nitrogens with one attached hydrogen (secondary N) is 2. The van der Waals surface area contributed by atoms with Gasteiger partial charge in [-0.3, -0.25) is 4.98 Å². The van der Waals surface area contributed by atoms with Gasteiger partial charge >= 0.3 is 0 Å². The molecule has 0 atom stereocenters. The minimum Gasteiger partial charge on any atom is -0.492 e. The van der Waals surface area contributed by atoms with Gasteiger partial charge in [0, 0.05) is 37.3 Å². The van der Waals surface area contributed by atoms with E-state index in [1.807, 2.05) is 32.3 Å². The molecule has 2 aromatic heterocycles. The first-order valence-electron chi connectivity index (χ1n) is 10.4. The zero-order chi connectivity index (χ0) is 19.3. The second kappa shape index (κ2) is 8.73. The monoisotopic (exact) mass is 382 g/mol. The van der Waals surface area contributed by atoms with Crippen molar-refractivity contribution in [1.82, 2.24) is 19.9 Å². The zero-order valence-corrected chi connectivity index (χ0v) is 16.9. The largest absolute Gasteiger partial charge is 0.492 e. The van der Waals surface area contributed by atoms with Crippen molar-refractivity contribution >= 4 is 17.5 Å². The molecule has 0 radical (unpaired) electrons. The molecule has 7 nitrogen and oxygen atoms in total. The van der Waals surface area contributed by atoms with E-state index in [9.17, 15) is 0 Å². The molecule has 2 N–H and O–H groups in total. The first-order valence-corrected chi connectivity index (χ1v) is 10.4. The molecule has 0 spiro atoms. The maximum atomic E-state index is 6.16. The lowest BCUT2D eigenvalue weighted by Gasteiger charge is -2.16. The number of pyridine rings is 1. The molecule has 3 heterocycles. The third kappa shape index (κ3) is 4.90. The summed E-state index contributed by atoms with van der Waals surface area (Å²) < 4.78 is 6.16. The van der Waals surface area contributed by atoms with Crippen molar-refractivity contribution in [2.75, 3.05) is 43.9 Å². The van der Waals surface area contributed by atoms with Gasteiger partial charge < -0.3 is 20.3 Å². The summed E-state index contributed by atoms with van der Waals surface area (Å²) in [6.45, 7) is 6.27. The van der Waals surface area contributed by atoms with Gasteiger partial charge in [0.25, 0.3) is 0 Å². The number of hydrogen-bond acceptors (Lipinski definition) is 7. The highest BCUT2D eigenvalue weighted by Crippen LogP contribution is 2.43. The van der Waals surface area contributed by atoms with Crippen LogP contribution < -0.4 is 15.4 Å². The highest BCUT2D eigenvalue weighted by Gasteiger charge is 2.28. The molecule has 1 saturated heterocycles. The smallest absolute Gasteiger partial charge is 0.229 e. The Morgan fingerprint density at radius 2 is 2.00 bits per heavy atom. The highest BCUT2D eigenvalue weighted by atomic mass is 16.5. The van der Waals surface area contributed by atoms with Crippen LogP contribution in [-0.2, 0) is 0 Å². The van der Waals surface area contributed by atoms with Crippen molar-refractivity contribution in [1.29, 1.82) is 0 Å². The van der Waals surface area contributed by atoms with Crippen LogP contribution in [0, 0.1) is 6.92 Å². The molecule has 2 fully saturated rings. The number of anilines is 3. The molecule has 7 heteroatoms. The van der Waals surface area contributed by atoms with Gasteiger partial charge in [-0.1, -0.05) is 0 Å². The van der Waals surface area contributed by atoms with E-state index < -0.39 is 0 Å². The lowest BCUT2D eigenvalue weighted by atomic mass is 10.2. The summed E-state index contributed by atoms with van der Waals surface area (Å²) in [5, 5.41) is 6.33. The second-order valence-electron chi connectivity index (χ2n) is 7.73. The predicted octanol–water partition coefficient (Wildman–Crippen LogP) is 3.71. The van der Waals surface area contributed by atoms with E-state index in [4.69, 9.17) is 4.74 Å². The summed E-state index contributed by atoms with van der Waals surface area (Å²) >= 11 is 0. The average Bonchev–Trinajstić information content (AvgIpc) is 3.40. The van der Waals surface area contributed by atoms with Gasteiger partial charge in [0.2, 0.25) is 5.95 Å². The number of aromatic nitrogens is 3. The number of ether oxygens (including phenoxy) is 1. The predicted molar refractivity (Wildman–Crippen MR) is 112 cm³/mol. The zero-order valence-electron chi connectivity index (χ0n) is 16.9. The van der Waals surface area contributed by atoms with Gasteiger partial charge in [0.1, 0.15) is 11.6 Å². The van der Waals surface area contributed by atoms with E-state index >= 15 is 0 Å². The first-order chi connectivity index (χ1) is 13.7. The van der Waals surface area contributed by atoms with Crippen molar-refractivity contribution in [2.45, 2.75) is 44.9 Å². The van der Waals surface area contributed by atoms with Gasteiger partial charge in [-0.25, -0.2) is 4.98 Å². The van der Waals surface area contributed by atoms with Gasteiger partial charge in [-0.2, -0.15) is 4.98 Å². The highest BCUT2D eigenvalue weighted by molar-refractivity contribution is 5.57. The number of aryl methyl sites for hydroxylation is 1. The summed E-state index contributed by atoms with van der Waals surface area (Å²) in [6.07, 6.45) is 7.98. The summed E-state index contributed by atoms with van der Waals surface area (Å²) in [5.74, 6) is 2.80. The van der Waals surface area contributed by atoms with E-state index in [0.717, 1.165) is 48.2 Å². The van der Waals surface area contributed by atoms with Crippen molar-refractivity contribution in [3.8, 4) is 5.75 Å². The fraction of sp³-hybridized carbons (Fsp3) is 0.571. The Bertz CT molecular complexity index is 801. The Balaban J connectivity index is 1.42. The minimum atomic E-state index is 0.550. The molecule has 28 heavy (non-hydrogen) atoms. The third-order valence-electron chi connectivity index (χ3n) is 5.29. The van der Waals surface area contributed by atoms with Crippen molar-refractivity contribution < 1.29 is 4.74 Å². The van der Waals surface area contributed by atoms with Crippen molar-refractivity contribution in [3.63, 3.8) is 0 Å². The Kier molecular flexibility index (Phi) is 5.90. The molecule has 0 unspecified atom stereocenters. The lowest BCUT2D eigenvalue weighted by Crippen LogP contribution is -2.22. The fourth-order valence-electron chi connectivity index (χ4n) is 3.66. The van der Waals surface area contributed by atoms with E-state index in [1.54, 1.807) is 0 Å². The van der Waals surface area contributed by atoms with Crippen molar-refractivity contribution in [3.05, 3.63) is 29.7 Å². The number of rotatable bonds is 9. The molecular weight excluding hydrogens is 352 g/mol. The van der Waals surface area contributed by atoms with Gasteiger partial charge in [0.05, 0.1) is 24.2 Å². The minimum absolute atomic E-state index is 0.550. The van der Waals surface area contributed by atoms with Crippen LogP contribution in [-0.4, -0.2) is 53.1 Å². The molecule has 0 aromatic carbocycles. The van der Waals surface area contributed by atoms with Crippen LogP contribution in [0.2, 0.25) is 0 Å². The van der Waals surface area contributed by atoms with Gasteiger partial charge in [-0.05, 0) is 52.1 Å². The average molecular weight is 383 g/mol. The van der Waals surface area contributed by atoms with E-state index in [1.165, 1.54) is 38.8 Å². The Morgan fingerprint density at radius 1 is 1.18 bits per heavy atom. The summed E-state index contributed by atoms with van der Waals surface area (Å²) in [4.78, 5) is 16.1. The van der Waals surface area contributed by atoms with E-state index in [2.05, 4.69) is 30.5 Å². The normalized spacial score (nSPS) is 16.9. The van der Waals surface area contributed by atoms with E-state index in [-0.39, 0.29) is 0 Å². The number of likely N-dealkylation sites (tertiary alicyclic amines) is 1. The molecule has 2 aromatic rings. The van der Waals surface area contributed by atoms with Crippen LogP contribution in [0.25, 0.3) is 0 Å². The van der Waals surface area contributed by atoms with E-state index in [0.29, 0.717) is 11.9 Å². The maximum Gasteiger partial charge on any atom is 0.229 e. The third-order valence-corrected chi connectivity index (χ3v) is 5.29. The summed E-state index contributed by atoms with van der Waals surface area (Å²) in [6, 6.07) is 3.95. The summed E-state index contributed by atoms with van der Waals surface area (Å²) in [7, 11) is 1.85. The topological polar surface area (TPSA) is 75.2 Å². The number of hydrogen-bond donors (Lipinski definition) is 2. The lowest BCUT2D eigenvalue weighted by molar-refractivity contribution is 0.261. The quantitative estimate of drug-likeness (QED) is 0.640. The standard InChI is InChI=1S/C21H30N6O/c1-15-12-19(22-2)26-21(24-15)25-17-13-18(20(23-14-17)16-6-7-16)28-11-5-10-27-8-3-4-9-27/h12-14,16H,3-11H2,1-2H3,(H2,22,24,25,26). The van der Waals surface area contributed by atoms with Crippen LogP contribution >= 0.6 is 0 Å². The molecule has 150 valence electrons. The molecule has 1 aliphatic carbocycles. The molecule has 0 amide bonds. The van der Waals surface area contributed by atoms with Crippen LogP contribution in [0.1, 0.15) is 49.4 Å². The van der Waals surface area contributed by atoms with Crippen LogP contribution in [0.5, 0.6) is 5.75 Å². The molecule has 0 bridgehead atoms. The van der Waals surface area contributed by atoms with Gasteiger partial charge in [0.15, 0.2) is 0 Å². The first kappa shape index (κ1) is 18.9. The number of nitrogens with zero attached hydrogens (tertiary/aromatic N) is 4. The summed E-state index contributed by atoms with van der Waals surface area (Å²) in [5.41, 5.74) is 2.85. The second-order valence-corrected chi connectivity index (χ2v) is 7.73. The molecule has 1 aliphatic heterocycles. The van der Waals surface area contributed by atoms with Crippen LogP contribution in [0.15, 0.2) is 18.3 Å². The van der Waals surface area contributed by atoms with Crippen LogP contribution in [0.3, 0.4) is 0 Å². The Hall–Kier alpha value is -2.41. The molecule has 2 aliphatic rings. The van der Waals surface area contributed by atoms with Crippen molar-refractivity contribution in [2.24, 2.45) is 0 Å². The molecule has 4 rings (SSSR count). The maximum absolute atomic E-state index is 6.16. The Labute approximate surface area is 166 Å². The SMILES string of the molecule is CNc1cc(C)nc(Nc2cnc(C3CC3)c(OCCCN3CCCC3)c2)n1. The molecular formula is C21H30N6O.